The van der Waals surface area contributed by atoms with Crippen LogP contribution in [-0.4, -0.2) is 35.2 Å². The monoisotopic (exact) mass is 631 g/mol. The summed E-state index contributed by atoms with van der Waals surface area (Å²) in [5.74, 6) is 0.231. The van der Waals surface area contributed by atoms with Crippen LogP contribution in [0.5, 0.6) is 0 Å². The van der Waals surface area contributed by atoms with Crippen LogP contribution in [-0.2, 0) is 6.54 Å². The number of hydrogen-bond donors (Lipinski definition) is 2. The summed E-state index contributed by atoms with van der Waals surface area (Å²) in [5, 5.41) is 9.59. The number of fused-ring (bicyclic) bond motifs is 1. The Morgan fingerprint density at radius 1 is 0.933 bits per heavy atom. The van der Waals surface area contributed by atoms with E-state index in [-0.39, 0.29) is 11.9 Å². The third kappa shape index (κ3) is 5.61. The number of benzene rings is 3. The zero-order valence-electron chi connectivity index (χ0n) is 24.2. The Labute approximate surface area is 269 Å². The van der Waals surface area contributed by atoms with E-state index >= 15 is 0 Å². The average Bonchev–Trinajstić information content (AvgIpc) is 3.78. The number of anilines is 1. The molecule has 3 aromatic carbocycles. The summed E-state index contributed by atoms with van der Waals surface area (Å²) in [6, 6.07) is 28.8. The quantitative estimate of drug-likeness (QED) is 0.176. The van der Waals surface area contributed by atoms with Gasteiger partial charge in [-0.2, -0.15) is 5.10 Å². The van der Waals surface area contributed by atoms with Gasteiger partial charge >= 0.3 is 0 Å². The van der Waals surface area contributed by atoms with Gasteiger partial charge in [0.25, 0.3) is 5.91 Å². The number of carbonyl (C=O) groups excluding carboxylic acids is 1. The van der Waals surface area contributed by atoms with E-state index in [9.17, 15) is 4.79 Å². The molecule has 0 radical (unpaired) electrons. The van der Waals surface area contributed by atoms with Crippen molar-refractivity contribution in [2.45, 2.75) is 19.5 Å². The van der Waals surface area contributed by atoms with Crippen molar-refractivity contribution < 1.29 is 4.79 Å². The fourth-order valence-electron chi connectivity index (χ4n) is 5.61. The number of hydrogen-bond acceptors (Lipinski definition) is 4. The molecule has 0 unspecified atom stereocenters. The van der Waals surface area contributed by atoms with E-state index in [1.807, 2.05) is 91.3 Å². The molecule has 10 heteroatoms. The molecule has 0 saturated carbocycles. The number of imidazole rings is 1. The molecule has 4 heterocycles. The van der Waals surface area contributed by atoms with Crippen molar-refractivity contribution in [1.29, 1.82) is 0 Å². The van der Waals surface area contributed by atoms with Gasteiger partial charge in [-0.1, -0.05) is 77.8 Å². The Morgan fingerprint density at radius 2 is 1.73 bits per heavy atom. The molecule has 4 aromatic heterocycles. The van der Waals surface area contributed by atoms with Gasteiger partial charge in [0.2, 0.25) is 0 Å². The third-order valence-corrected chi connectivity index (χ3v) is 8.34. The molecule has 7 aromatic rings. The molecule has 2 N–H and O–H groups in total. The smallest absolute Gasteiger partial charge is 0.273 e. The first-order chi connectivity index (χ1) is 22.0. The Bertz CT molecular complexity index is 2120. The SMILES string of the molecule is C[C@@H](c1ccc(Cl)cc1)n1cnc(-c2ccccc2)c1-c1c(C(=O)Nc2ccnn2Cc2cccnc2)[nH]c2cc(Cl)ccc12. The van der Waals surface area contributed by atoms with Crippen LogP contribution in [0.2, 0.25) is 10.0 Å². The number of carbonyl (C=O) groups is 1. The van der Waals surface area contributed by atoms with E-state index < -0.39 is 0 Å². The highest BCUT2D eigenvalue weighted by Gasteiger charge is 2.28. The topological polar surface area (TPSA) is 93.4 Å². The van der Waals surface area contributed by atoms with Crippen LogP contribution < -0.4 is 5.32 Å². The van der Waals surface area contributed by atoms with Gasteiger partial charge in [0.15, 0.2) is 0 Å². The van der Waals surface area contributed by atoms with Crippen LogP contribution in [0.4, 0.5) is 5.82 Å². The zero-order valence-corrected chi connectivity index (χ0v) is 25.7. The first-order valence-electron chi connectivity index (χ1n) is 14.4. The molecule has 1 atom stereocenters. The minimum Gasteiger partial charge on any atom is -0.350 e. The molecule has 0 aliphatic rings. The molecule has 45 heavy (non-hydrogen) atoms. The van der Waals surface area contributed by atoms with E-state index in [1.54, 1.807) is 29.3 Å². The normalized spacial score (nSPS) is 12.0. The second-order valence-corrected chi connectivity index (χ2v) is 11.6. The molecule has 222 valence electrons. The van der Waals surface area contributed by atoms with Crippen LogP contribution in [0.25, 0.3) is 33.4 Å². The zero-order chi connectivity index (χ0) is 30.9. The predicted octanol–water partition coefficient (Wildman–Crippen LogP) is 8.51. The summed E-state index contributed by atoms with van der Waals surface area (Å²) in [6.45, 7) is 2.56. The molecule has 7 rings (SSSR count). The molecule has 8 nitrogen and oxygen atoms in total. The second kappa shape index (κ2) is 12.1. The second-order valence-electron chi connectivity index (χ2n) is 10.7. The molecule has 0 aliphatic heterocycles. The van der Waals surface area contributed by atoms with Gasteiger partial charge in [0, 0.05) is 50.5 Å². The number of aromatic amines is 1. The van der Waals surface area contributed by atoms with Gasteiger partial charge in [-0.3, -0.25) is 9.78 Å². The van der Waals surface area contributed by atoms with Gasteiger partial charge in [0.1, 0.15) is 11.5 Å². The van der Waals surface area contributed by atoms with Gasteiger partial charge in [-0.15, -0.1) is 0 Å². The maximum atomic E-state index is 14.3. The highest BCUT2D eigenvalue weighted by molar-refractivity contribution is 6.31. The van der Waals surface area contributed by atoms with Crippen LogP contribution in [0, 0.1) is 0 Å². The molecule has 0 bridgehead atoms. The van der Waals surface area contributed by atoms with E-state index in [1.165, 1.54) is 0 Å². The Morgan fingerprint density at radius 3 is 2.51 bits per heavy atom. The van der Waals surface area contributed by atoms with Crippen molar-refractivity contribution in [2.24, 2.45) is 0 Å². The number of rotatable bonds is 8. The number of nitrogens with zero attached hydrogens (tertiary/aromatic N) is 5. The highest BCUT2D eigenvalue weighted by Crippen LogP contribution is 2.41. The number of pyridine rings is 1. The fraction of sp³-hybridized carbons (Fsp3) is 0.0857. The molecule has 0 fully saturated rings. The number of H-pyrrole nitrogens is 1. The first kappa shape index (κ1) is 28.6. The Kier molecular flexibility index (Phi) is 7.67. The molecule has 1 amide bonds. The lowest BCUT2D eigenvalue weighted by atomic mass is 9.99. The van der Waals surface area contributed by atoms with Crippen LogP contribution in [0.3, 0.4) is 0 Å². The van der Waals surface area contributed by atoms with Crippen LogP contribution in [0.1, 0.15) is 34.6 Å². The van der Waals surface area contributed by atoms with Crippen molar-refractivity contribution >= 4 is 45.8 Å². The van der Waals surface area contributed by atoms with E-state index in [4.69, 9.17) is 28.2 Å². The summed E-state index contributed by atoms with van der Waals surface area (Å²) < 4.78 is 3.84. The summed E-state index contributed by atoms with van der Waals surface area (Å²) in [4.78, 5) is 26.7. The molecular weight excluding hydrogens is 605 g/mol. The Balaban J connectivity index is 1.38. The summed E-state index contributed by atoms with van der Waals surface area (Å²) >= 11 is 12.7. The van der Waals surface area contributed by atoms with Crippen molar-refractivity contribution in [3.05, 3.63) is 143 Å². The van der Waals surface area contributed by atoms with Crippen molar-refractivity contribution in [3.8, 4) is 22.5 Å². The molecule has 0 spiro atoms. The highest BCUT2D eigenvalue weighted by atomic mass is 35.5. The summed E-state index contributed by atoms with van der Waals surface area (Å²) in [7, 11) is 0. The predicted molar refractivity (Wildman–Crippen MR) is 179 cm³/mol. The lowest BCUT2D eigenvalue weighted by molar-refractivity contribution is 0.102. The van der Waals surface area contributed by atoms with E-state index in [0.717, 1.165) is 44.5 Å². The summed E-state index contributed by atoms with van der Waals surface area (Å²) in [5.41, 5.74) is 6.32. The number of halogens is 2. The maximum Gasteiger partial charge on any atom is 0.273 e. The van der Waals surface area contributed by atoms with Crippen molar-refractivity contribution in [2.75, 3.05) is 5.32 Å². The molecule has 0 saturated heterocycles. The average molecular weight is 633 g/mol. The van der Waals surface area contributed by atoms with E-state index in [0.29, 0.717) is 28.1 Å². The van der Waals surface area contributed by atoms with Crippen molar-refractivity contribution in [3.63, 3.8) is 0 Å². The number of amides is 1. The molecular formula is C35H27Cl2N7O. The molecule has 0 aliphatic carbocycles. The lowest BCUT2D eigenvalue weighted by Crippen LogP contribution is -2.18. The summed E-state index contributed by atoms with van der Waals surface area (Å²) in [6.07, 6.45) is 6.99. The minimum atomic E-state index is -0.323. The minimum absolute atomic E-state index is 0.128. The first-order valence-corrected chi connectivity index (χ1v) is 15.1. The van der Waals surface area contributed by atoms with Crippen LogP contribution >= 0.6 is 23.2 Å². The van der Waals surface area contributed by atoms with Crippen LogP contribution in [0.15, 0.2) is 116 Å². The number of nitrogens with one attached hydrogen (secondary N) is 2. The van der Waals surface area contributed by atoms with E-state index in [2.05, 4.69) is 31.9 Å². The van der Waals surface area contributed by atoms with Crippen molar-refractivity contribution in [1.82, 2.24) is 29.3 Å². The Hall–Kier alpha value is -5.18. The van der Waals surface area contributed by atoms with Gasteiger partial charge in [-0.05, 0) is 48.4 Å². The standard InChI is InChI=1S/C35H27Cl2N7O/c1-22(24-9-11-26(36)12-10-24)43-21-39-32(25-7-3-2-4-8-25)34(43)31-28-14-13-27(37)18-29(28)41-33(31)35(45)42-30-15-17-40-44(30)20-23-6-5-16-38-19-23/h2-19,21-22,41H,20H2,1H3,(H,42,45)/t22-/m0/s1. The van der Waals surface area contributed by atoms with Gasteiger partial charge < -0.3 is 14.9 Å². The lowest BCUT2D eigenvalue weighted by Gasteiger charge is -2.19. The van der Waals surface area contributed by atoms with Gasteiger partial charge in [0.05, 0.1) is 36.5 Å². The van der Waals surface area contributed by atoms with Gasteiger partial charge in [-0.25, -0.2) is 9.67 Å². The fourth-order valence-corrected chi connectivity index (χ4v) is 5.90. The number of aromatic nitrogens is 6. The maximum absolute atomic E-state index is 14.3. The largest absolute Gasteiger partial charge is 0.350 e. The third-order valence-electron chi connectivity index (χ3n) is 7.85.